The van der Waals surface area contributed by atoms with Gasteiger partial charge in [0.05, 0.1) is 11.8 Å². The van der Waals surface area contributed by atoms with Crippen LogP contribution in [0.1, 0.15) is 34.6 Å². The van der Waals surface area contributed by atoms with Crippen molar-refractivity contribution in [2.75, 3.05) is 0 Å². The standard InChI is InChI=1S/C17H25N/c1-7-8-15-9-10-16(13(4)5)11-17(15)18-14(6)12(2)3/h7-14H,1H2,2-6H3/b15-8-,18-17?. The van der Waals surface area contributed by atoms with Gasteiger partial charge in [0.15, 0.2) is 0 Å². The molecule has 0 aliphatic heterocycles. The lowest BCUT2D eigenvalue weighted by molar-refractivity contribution is 0.532. The number of hydrogen-bond acceptors (Lipinski definition) is 1. The summed E-state index contributed by atoms with van der Waals surface area (Å²) in [6, 6.07) is 0.337. The topological polar surface area (TPSA) is 12.4 Å². The predicted molar refractivity (Wildman–Crippen MR) is 82.1 cm³/mol. The van der Waals surface area contributed by atoms with Gasteiger partial charge in [0.25, 0.3) is 0 Å². The molecule has 0 aromatic carbocycles. The average Bonchev–Trinajstić information content (AvgIpc) is 2.31. The number of nitrogens with zero attached hydrogens (tertiary/aromatic N) is 1. The maximum atomic E-state index is 4.84. The van der Waals surface area contributed by atoms with Gasteiger partial charge in [-0.3, -0.25) is 4.99 Å². The van der Waals surface area contributed by atoms with Crippen LogP contribution in [0.25, 0.3) is 0 Å². The number of allylic oxidation sites excluding steroid dienone is 7. The molecule has 1 rings (SSSR count). The van der Waals surface area contributed by atoms with Crippen LogP contribution in [0.3, 0.4) is 0 Å². The first-order chi connectivity index (χ1) is 8.45. The molecular weight excluding hydrogens is 218 g/mol. The highest BCUT2D eigenvalue weighted by atomic mass is 14.8. The number of aliphatic imine (C=N–C) groups is 1. The molecule has 1 atom stereocenters. The van der Waals surface area contributed by atoms with E-state index in [-0.39, 0.29) is 0 Å². The number of hydrogen-bond donors (Lipinski definition) is 0. The van der Waals surface area contributed by atoms with E-state index in [1.165, 1.54) is 5.57 Å². The van der Waals surface area contributed by atoms with Crippen molar-refractivity contribution in [3.63, 3.8) is 0 Å². The largest absolute Gasteiger partial charge is 0.281 e. The van der Waals surface area contributed by atoms with Crippen LogP contribution in [-0.4, -0.2) is 11.8 Å². The van der Waals surface area contributed by atoms with Gasteiger partial charge in [-0.1, -0.05) is 58.6 Å². The van der Waals surface area contributed by atoms with Gasteiger partial charge in [-0.15, -0.1) is 0 Å². The molecule has 1 heteroatoms. The Morgan fingerprint density at radius 1 is 1.11 bits per heavy atom. The second-order valence-corrected chi connectivity index (χ2v) is 5.49. The summed E-state index contributed by atoms with van der Waals surface area (Å²) in [5.74, 6) is 1.09. The van der Waals surface area contributed by atoms with Gasteiger partial charge in [-0.05, 0) is 36.0 Å². The maximum Gasteiger partial charge on any atom is 0.0652 e. The number of rotatable bonds is 4. The zero-order valence-electron chi connectivity index (χ0n) is 12.3. The molecule has 0 amide bonds. The van der Waals surface area contributed by atoms with Crippen molar-refractivity contribution in [3.8, 4) is 0 Å². The minimum absolute atomic E-state index is 0.337. The summed E-state index contributed by atoms with van der Waals surface area (Å²) in [4.78, 5) is 4.84. The molecule has 98 valence electrons. The minimum Gasteiger partial charge on any atom is -0.281 e. The van der Waals surface area contributed by atoms with Crippen LogP contribution in [0, 0.1) is 11.8 Å². The molecule has 1 unspecified atom stereocenters. The molecule has 0 N–H and O–H groups in total. The first-order valence-electron chi connectivity index (χ1n) is 6.76. The van der Waals surface area contributed by atoms with E-state index in [4.69, 9.17) is 4.99 Å². The summed E-state index contributed by atoms with van der Waals surface area (Å²) in [5, 5.41) is 0. The molecule has 0 aromatic heterocycles. The maximum absolute atomic E-state index is 4.84. The third-order valence-electron chi connectivity index (χ3n) is 3.33. The lowest BCUT2D eigenvalue weighted by atomic mass is 9.92. The quantitative estimate of drug-likeness (QED) is 0.676. The summed E-state index contributed by atoms with van der Waals surface area (Å²) in [6.45, 7) is 14.8. The van der Waals surface area contributed by atoms with E-state index in [0.29, 0.717) is 17.9 Å². The molecule has 0 aromatic rings. The van der Waals surface area contributed by atoms with Gasteiger partial charge >= 0.3 is 0 Å². The molecule has 0 fully saturated rings. The van der Waals surface area contributed by atoms with E-state index in [1.54, 1.807) is 0 Å². The Morgan fingerprint density at radius 3 is 2.28 bits per heavy atom. The molecule has 0 heterocycles. The van der Waals surface area contributed by atoms with E-state index >= 15 is 0 Å². The Morgan fingerprint density at radius 2 is 1.78 bits per heavy atom. The van der Waals surface area contributed by atoms with Crippen LogP contribution in [0.15, 0.2) is 53.1 Å². The van der Waals surface area contributed by atoms with Crippen molar-refractivity contribution in [1.29, 1.82) is 0 Å². The molecular formula is C17H25N. The monoisotopic (exact) mass is 243 g/mol. The van der Waals surface area contributed by atoms with Gasteiger partial charge in [-0.25, -0.2) is 0 Å². The SMILES string of the molecule is C=C/C=C1/C=CC(C(C)C)=CC1=NC(C)C(C)C. The molecule has 0 spiro atoms. The summed E-state index contributed by atoms with van der Waals surface area (Å²) in [7, 11) is 0. The third-order valence-corrected chi connectivity index (χ3v) is 3.33. The van der Waals surface area contributed by atoms with Crippen LogP contribution in [0.2, 0.25) is 0 Å². The highest BCUT2D eigenvalue weighted by Crippen LogP contribution is 2.21. The lowest BCUT2D eigenvalue weighted by Gasteiger charge is -2.17. The van der Waals surface area contributed by atoms with Crippen molar-refractivity contribution >= 4 is 5.71 Å². The van der Waals surface area contributed by atoms with Crippen LogP contribution < -0.4 is 0 Å². The highest BCUT2D eigenvalue weighted by Gasteiger charge is 2.13. The highest BCUT2D eigenvalue weighted by molar-refractivity contribution is 6.12. The average molecular weight is 243 g/mol. The Bertz CT molecular complexity index is 417. The van der Waals surface area contributed by atoms with E-state index < -0.39 is 0 Å². The zero-order valence-corrected chi connectivity index (χ0v) is 12.3. The van der Waals surface area contributed by atoms with Crippen LogP contribution in [-0.2, 0) is 0 Å². The van der Waals surface area contributed by atoms with E-state index in [9.17, 15) is 0 Å². The smallest absolute Gasteiger partial charge is 0.0652 e. The van der Waals surface area contributed by atoms with Gasteiger partial charge in [0, 0.05) is 0 Å². The van der Waals surface area contributed by atoms with Crippen molar-refractivity contribution in [3.05, 3.63) is 48.1 Å². The molecule has 1 aliphatic carbocycles. The third kappa shape index (κ3) is 3.83. The Kier molecular flexibility index (Phi) is 5.33. The van der Waals surface area contributed by atoms with Crippen LogP contribution in [0.5, 0.6) is 0 Å². The van der Waals surface area contributed by atoms with Gasteiger partial charge in [0.1, 0.15) is 0 Å². The first-order valence-corrected chi connectivity index (χ1v) is 6.76. The van der Waals surface area contributed by atoms with Crippen molar-refractivity contribution in [1.82, 2.24) is 0 Å². The first kappa shape index (κ1) is 14.7. The fourth-order valence-electron chi connectivity index (χ4n) is 1.67. The van der Waals surface area contributed by atoms with Gasteiger partial charge in [0.2, 0.25) is 0 Å². The predicted octanol–water partition coefficient (Wildman–Crippen LogP) is 4.74. The lowest BCUT2D eigenvalue weighted by Crippen LogP contribution is -2.14. The fraction of sp³-hybridized carbons (Fsp3) is 0.471. The molecule has 0 radical (unpaired) electrons. The minimum atomic E-state index is 0.337. The van der Waals surface area contributed by atoms with Crippen molar-refractivity contribution in [2.45, 2.75) is 40.7 Å². The summed E-state index contributed by atoms with van der Waals surface area (Å²) < 4.78 is 0. The summed E-state index contributed by atoms with van der Waals surface area (Å²) >= 11 is 0. The molecule has 0 saturated carbocycles. The van der Waals surface area contributed by atoms with Crippen LogP contribution >= 0.6 is 0 Å². The van der Waals surface area contributed by atoms with E-state index in [1.807, 2.05) is 12.2 Å². The molecule has 1 nitrogen and oxygen atoms in total. The van der Waals surface area contributed by atoms with Gasteiger partial charge < -0.3 is 0 Å². The normalized spacial score (nSPS) is 21.8. The Balaban J connectivity index is 3.12. The van der Waals surface area contributed by atoms with Crippen molar-refractivity contribution < 1.29 is 0 Å². The van der Waals surface area contributed by atoms with E-state index in [2.05, 4.69) is 59.4 Å². The molecule has 0 bridgehead atoms. The second kappa shape index (κ2) is 6.53. The Hall–Kier alpha value is -1.37. The molecule has 18 heavy (non-hydrogen) atoms. The van der Waals surface area contributed by atoms with Gasteiger partial charge in [-0.2, -0.15) is 0 Å². The van der Waals surface area contributed by atoms with E-state index in [0.717, 1.165) is 11.3 Å². The summed E-state index contributed by atoms with van der Waals surface area (Å²) in [6.07, 6.45) is 10.4. The Labute approximate surface area is 112 Å². The summed E-state index contributed by atoms with van der Waals surface area (Å²) in [5.41, 5.74) is 3.58. The van der Waals surface area contributed by atoms with Crippen LogP contribution in [0.4, 0.5) is 0 Å². The molecule has 0 saturated heterocycles. The zero-order chi connectivity index (χ0) is 13.7. The fourth-order valence-corrected chi connectivity index (χ4v) is 1.67. The molecule has 1 aliphatic rings. The second-order valence-electron chi connectivity index (χ2n) is 5.49. The van der Waals surface area contributed by atoms with Crippen molar-refractivity contribution in [2.24, 2.45) is 16.8 Å².